The summed E-state index contributed by atoms with van der Waals surface area (Å²) >= 11 is 0. The molecule has 0 unspecified atom stereocenters. The molecular weight excluding hydrogens is 250 g/mol. The molecule has 6 nitrogen and oxygen atoms in total. The van der Waals surface area contributed by atoms with Crippen LogP contribution in [0.15, 0.2) is 0 Å². The van der Waals surface area contributed by atoms with E-state index in [2.05, 4.69) is 0 Å². The number of phenols is 3. The largest absolute Gasteiger partial charge is 0.504 e. The zero-order valence-electron chi connectivity index (χ0n) is 11.3. The van der Waals surface area contributed by atoms with Crippen LogP contribution >= 0.6 is 0 Å². The van der Waals surface area contributed by atoms with E-state index in [1.165, 1.54) is 0 Å². The van der Waals surface area contributed by atoms with E-state index in [4.69, 9.17) is 0 Å². The highest BCUT2D eigenvalue weighted by atomic mass is 16.5. The monoisotopic (exact) mass is 269 g/mol. The minimum atomic E-state index is -0.804. The van der Waals surface area contributed by atoms with Crippen molar-refractivity contribution in [1.29, 1.82) is 0 Å². The number of aromatic hydroxyl groups is 3. The first-order chi connectivity index (χ1) is 8.90. The van der Waals surface area contributed by atoms with Crippen molar-refractivity contribution in [2.24, 2.45) is 0 Å². The normalized spacial score (nSPS) is 10.5. The Kier molecular flexibility index (Phi) is 4.61. The Morgan fingerprint density at radius 2 is 1.47 bits per heavy atom. The molecule has 0 atom stereocenters. The summed E-state index contributed by atoms with van der Waals surface area (Å²) in [5, 5.41) is 39.2. The van der Waals surface area contributed by atoms with Gasteiger partial charge in [-0.25, -0.2) is 5.06 Å². The van der Waals surface area contributed by atoms with Crippen molar-refractivity contribution in [3.63, 3.8) is 0 Å². The topological polar surface area (TPSA) is 101 Å². The van der Waals surface area contributed by atoms with E-state index in [9.17, 15) is 25.3 Å². The third-order valence-electron chi connectivity index (χ3n) is 3.09. The number of hydrogen-bond acceptors (Lipinski definition) is 5. The quantitative estimate of drug-likeness (QED) is 0.379. The van der Waals surface area contributed by atoms with Crippen LogP contribution in [-0.4, -0.2) is 38.0 Å². The van der Waals surface area contributed by atoms with Gasteiger partial charge >= 0.3 is 0 Å². The van der Waals surface area contributed by atoms with Crippen LogP contribution in [0.5, 0.6) is 17.2 Å². The Morgan fingerprint density at radius 1 is 0.947 bits per heavy atom. The Labute approximate surface area is 111 Å². The van der Waals surface area contributed by atoms with Crippen LogP contribution < -0.4 is 0 Å². The third-order valence-corrected chi connectivity index (χ3v) is 3.09. The van der Waals surface area contributed by atoms with Crippen LogP contribution in [0.2, 0.25) is 0 Å². The lowest BCUT2D eigenvalue weighted by atomic mass is 9.94. The molecule has 0 radical (unpaired) electrons. The van der Waals surface area contributed by atoms with E-state index in [0.717, 1.165) is 0 Å². The highest BCUT2D eigenvalue weighted by Gasteiger charge is 2.27. The third kappa shape index (κ3) is 2.44. The summed E-state index contributed by atoms with van der Waals surface area (Å²) in [7, 11) is 0. The highest BCUT2D eigenvalue weighted by molar-refractivity contribution is 5.99. The van der Waals surface area contributed by atoms with E-state index >= 15 is 0 Å². The molecule has 4 N–H and O–H groups in total. The van der Waals surface area contributed by atoms with Crippen LogP contribution in [0.4, 0.5) is 0 Å². The van der Waals surface area contributed by atoms with Crippen molar-refractivity contribution < 1.29 is 25.3 Å². The summed E-state index contributed by atoms with van der Waals surface area (Å²) in [5.41, 5.74) is 0.650. The van der Waals surface area contributed by atoms with Gasteiger partial charge < -0.3 is 15.3 Å². The molecule has 1 rings (SSSR count). The highest BCUT2D eigenvalue weighted by Crippen LogP contribution is 2.44. The van der Waals surface area contributed by atoms with Gasteiger partial charge in [-0.15, -0.1) is 0 Å². The van der Waals surface area contributed by atoms with Gasteiger partial charge in [0.1, 0.15) is 0 Å². The molecule has 0 aliphatic heterocycles. The van der Waals surface area contributed by atoms with E-state index in [1.807, 2.05) is 0 Å². The van der Waals surface area contributed by atoms with Crippen LogP contribution in [0, 0.1) is 0 Å². The van der Waals surface area contributed by atoms with Gasteiger partial charge in [0.05, 0.1) is 5.56 Å². The molecule has 0 aromatic heterocycles. The minimum Gasteiger partial charge on any atom is -0.504 e. The second-order valence-corrected chi connectivity index (χ2v) is 4.11. The molecule has 0 saturated carbocycles. The summed E-state index contributed by atoms with van der Waals surface area (Å²) in [6.45, 7) is 5.14. The molecule has 6 heteroatoms. The van der Waals surface area contributed by atoms with Gasteiger partial charge in [-0.2, -0.15) is 0 Å². The Hall–Kier alpha value is -1.95. The summed E-state index contributed by atoms with van der Waals surface area (Å²) in [6, 6.07) is 0. The molecule has 0 saturated heterocycles. The van der Waals surface area contributed by atoms with E-state index in [1.54, 1.807) is 20.8 Å². The smallest absolute Gasteiger partial charge is 0.281 e. The van der Waals surface area contributed by atoms with Crippen LogP contribution in [0.1, 0.15) is 42.3 Å². The first-order valence-electron chi connectivity index (χ1n) is 6.19. The maximum Gasteiger partial charge on any atom is 0.281 e. The Bertz CT molecular complexity index is 499. The number of nitrogens with zero attached hydrogens (tertiary/aromatic N) is 1. The Balaban J connectivity index is 3.62. The second-order valence-electron chi connectivity index (χ2n) is 4.11. The lowest BCUT2D eigenvalue weighted by Gasteiger charge is -2.20. The minimum absolute atomic E-state index is 0.0462. The SMILES string of the molecule is CCc1c(O)c(O)c(O)c(C(=O)N(O)CC)c1CC. The number of amides is 1. The molecule has 0 aliphatic carbocycles. The second kappa shape index (κ2) is 5.79. The van der Waals surface area contributed by atoms with Gasteiger partial charge in [-0.3, -0.25) is 10.0 Å². The van der Waals surface area contributed by atoms with Gasteiger partial charge in [0.25, 0.3) is 5.91 Å². The van der Waals surface area contributed by atoms with Crippen molar-refractivity contribution in [3.05, 3.63) is 16.7 Å². The van der Waals surface area contributed by atoms with Crippen LogP contribution in [0.25, 0.3) is 0 Å². The molecule has 0 fully saturated rings. The van der Waals surface area contributed by atoms with Crippen molar-refractivity contribution in [3.8, 4) is 17.2 Å². The van der Waals surface area contributed by atoms with Gasteiger partial charge in [0, 0.05) is 12.1 Å². The summed E-state index contributed by atoms with van der Waals surface area (Å²) < 4.78 is 0. The Morgan fingerprint density at radius 3 is 1.89 bits per heavy atom. The van der Waals surface area contributed by atoms with Crippen LogP contribution in [0.3, 0.4) is 0 Å². The van der Waals surface area contributed by atoms with Gasteiger partial charge in [-0.05, 0) is 25.3 Å². The van der Waals surface area contributed by atoms with Crippen molar-refractivity contribution in [2.75, 3.05) is 6.54 Å². The molecule has 0 bridgehead atoms. The van der Waals surface area contributed by atoms with Gasteiger partial charge in [0.15, 0.2) is 11.5 Å². The first-order valence-corrected chi connectivity index (χ1v) is 6.19. The molecular formula is C13H19NO5. The summed E-state index contributed by atoms with van der Waals surface area (Å²) in [6.07, 6.45) is 0.768. The lowest BCUT2D eigenvalue weighted by molar-refractivity contribution is -0.0544. The maximum atomic E-state index is 12.0. The zero-order chi connectivity index (χ0) is 14.7. The van der Waals surface area contributed by atoms with E-state index in [0.29, 0.717) is 29.0 Å². The van der Waals surface area contributed by atoms with Crippen LogP contribution in [-0.2, 0) is 12.8 Å². The number of carbonyl (C=O) groups excluding carboxylic acids is 1. The molecule has 19 heavy (non-hydrogen) atoms. The number of rotatable bonds is 4. The molecule has 0 spiro atoms. The number of phenolic OH excluding ortho intramolecular Hbond substituents is 3. The predicted molar refractivity (Wildman–Crippen MR) is 68.7 cm³/mol. The number of hydrogen-bond donors (Lipinski definition) is 4. The molecule has 1 aromatic rings. The van der Waals surface area contributed by atoms with Crippen molar-refractivity contribution in [2.45, 2.75) is 33.6 Å². The van der Waals surface area contributed by atoms with Gasteiger partial charge in [-0.1, -0.05) is 13.8 Å². The van der Waals surface area contributed by atoms with Gasteiger partial charge in [0.2, 0.25) is 5.75 Å². The zero-order valence-corrected chi connectivity index (χ0v) is 11.3. The molecule has 0 aliphatic rings. The fourth-order valence-electron chi connectivity index (χ4n) is 2.08. The summed E-state index contributed by atoms with van der Waals surface area (Å²) in [4.78, 5) is 12.0. The van der Waals surface area contributed by atoms with Crippen molar-refractivity contribution in [1.82, 2.24) is 5.06 Å². The van der Waals surface area contributed by atoms with Crippen molar-refractivity contribution >= 4 is 5.91 Å². The fourth-order valence-corrected chi connectivity index (χ4v) is 2.08. The molecule has 1 aromatic carbocycles. The summed E-state index contributed by atoms with van der Waals surface area (Å²) in [5.74, 6) is -2.66. The van der Waals surface area contributed by atoms with E-state index < -0.39 is 23.2 Å². The number of carbonyl (C=O) groups is 1. The number of hydroxylamine groups is 2. The van der Waals surface area contributed by atoms with E-state index in [-0.39, 0.29) is 12.1 Å². The molecule has 1 amide bonds. The standard InChI is InChI=1S/C13H19NO5/c1-4-7-8(5-2)10(15)12(17)11(16)9(7)13(18)14(19)6-3/h15-17,19H,4-6H2,1-3H3. The predicted octanol–water partition coefficient (Wildman–Crippen LogP) is 1.78. The molecule has 106 valence electrons. The lowest BCUT2D eigenvalue weighted by Crippen LogP contribution is -2.28. The average molecular weight is 269 g/mol. The fraction of sp³-hybridized carbons (Fsp3) is 0.462. The average Bonchev–Trinajstić information content (AvgIpc) is 2.42. The maximum absolute atomic E-state index is 12.0. The molecule has 0 heterocycles. The first kappa shape index (κ1) is 15.1. The number of benzene rings is 1.